The maximum atomic E-state index is 13.1. The molecule has 1 aliphatic heterocycles. The van der Waals surface area contributed by atoms with Gasteiger partial charge in [0, 0.05) is 22.2 Å². The number of ether oxygens (including phenoxy) is 1. The van der Waals surface area contributed by atoms with Crippen LogP contribution in [0.15, 0.2) is 76.1 Å². The molecule has 0 saturated carbocycles. The minimum atomic E-state index is -0.438. The first-order valence-corrected chi connectivity index (χ1v) is 12.3. The van der Waals surface area contributed by atoms with Crippen LogP contribution in [0.2, 0.25) is 0 Å². The summed E-state index contributed by atoms with van der Waals surface area (Å²) in [7, 11) is 0. The molecule has 0 N–H and O–H groups in total. The van der Waals surface area contributed by atoms with Crippen molar-refractivity contribution in [2.75, 3.05) is 0 Å². The van der Waals surface area contributed by atoms with Crippen LogP contribution in [0.5, 0.6) is 5.75 Å². The summed E-state index contributed by atoms with van der Waals surface area (Å²) in [5.74, 6) is 0.447. The van der Waals surface area contributed by atoms with E-state index < -0.39 is 4.92 Å². The lowest BCUT2D eigenvalue weighted by atomic mass is 10.1. The van der Waals surface area contributed by atoms with Gasteiger partial charge >= 0.3 is 0 Å². The lowest BCUT2D eigenvalue weighted by Crippen LogP contribution is -2.27. The number of carbonyl (C=O) groups excluding carboxylic acids is 1. The molecule has 4 rings (SSSR count). The molecular formula is C25H19BrN2O4S2. The van der Waals surface area contributed by atoms with Crippen molar-refractivity contribution in [2.24, 2.45) is 0 Å². The van der Waals surface area contributed by atoms with Crippen LogP contribution in [0.25, 0.3) is 6.08 Å². The summed E-state index contributed by atoms with van der Waals surface area (Å²) in [5, 5.41) is 10.8. The zero-order valence-corrected chi connectivity index (χ0v) is 21.3. The van der Waals surface area contributed by atoms with Gasteiger partial charge in [-0.25, -0.2) is 0 Å². The van der Waals surface area contributed by atoms with Crippen molar-refractivity contribution in [1.82, 2.24) is 4.90 Å². The number of nitro benzene ring substituents is 1. The summed E-state index contributed by atoms with van der Waals surface area (Å²) >= 11 is 10.2. The molecule has 34 heavy (non-hydrogen) atoms. The molecule has 1 heterocycles. The number of benzene rings is 3. The van der Waals surface area contributed by atoms with E-state index in [0.29, 0.717) is 21.5 Å². The number of carbonyl (C=O) groups is 1. The van der Waals surface area contributed by atoms with E-state index >= 15 is 0 Å². The molecule has 0 aliphatic carbocycles. The molecule has 0 unspecified atom stereocenters. The van der Waals surface area contributed by atoms with E-state index in [-0.39, 0.29) is 18.2 Å². The number of non-ortho nitro benzene ring substituents is 1. The zero-order valence-electron chi connectivity index (χ0n) is 18.1. The Labute approximate surface area is 214 Å². The van der Waals surface area contributed by atoms with Gasteiger partial charge in [0.25, 0.3) is 11.6 Å². The SMILES string of the molecule is Cc1ccc(CN2C(=O)/C(=C/c3cc(Br)ccc3OCc3ccc([N+](=O)[O-])cc3)SC2=S)cc1. The predicted octanol–water partition coefficient (Wildman–Crippen LogP) is 6.65. The van der Waals surface area contributed by atoms with E-state index in [1.165, 1.54) is 23.9 Å². The number of nitro groups is 1. The number of thiocarbonyl (C=S) groups is 1. The Morgan fingerprint density at radius 1 is 1.09 bits per heavy atom. The number of amides is 1. The monoisotopic (exact) mass is 554 g/mol. The number of nitrogens with zero attached hydrogens (tertiary/aromatic N) is 2. The van der Waals surface area contributed by atoms with Crippen molar-refractivity contribution in [3.8, 4) is 5.75 Å². The molecule has 0 spiro atoms. The van der Waals surface area contributed by atoms with Crippen molar-refractivity contribution in [1.29, 1.82) is 0 Å². The number of hydrogen-bond donors (Lipinski definition) is 0. The van der Waals surface area contributed by atoms with Gasteiger partial charge in [0.2, 0.25) is 0 Å². The van der Waals surface area contributed by atoms with Crippen LogP contribution < -0.4 is 4.74 Å². The normalized spacial score (nSPS) is 14.6. The Morgan fingerprint density at radius 3 is 2.44 bits per heavy atom. The minimum Gasteiger partial charge on any atom is -0.488 e. The van der Waals surface area contributed by atoms with Gasteiger partial charge in [0.15, 0.2) is 0 Å². The first-order valence-electron chi connectivity index (χ1n) is 10.3. The summed E-state index contributed by atoms with van der Waals surface area (Å²) in [5.41, 5.74) is 3.72. The van der Waals surface area contributed by atoms with Gasteiger partial charge in [-0.2, -0.15) is 0 Å². The van der Waals surface area contributed by atoms with Crippen LogP contribution >= 0.6 is 39.9 Å². The van der Waals surface area contributed by atoms with Gasteiger partial charge in [0.1, 0.15) is 16.7 Å². The third-order valence-electron chi connectivity index (χ3n) is 5.13. The first kappa shape index (κ1) is 24.1. The summed E-state index contributed by atoms with van der Waals surface area (Å²) in [4.78, 5) is 25.6. The van der Waals surface area contributed by atoms with E-state index in [2.05, 4.69) is 15.9 Å². The number of hydrogen-bond acceptors (Lipinski definition) is 6. The first-order chi connectivity index (χ1) is 16.3. The second kappa shape index (κ2) is 10.5. The maximum Gasteiger partial charge on any atom is 0.269 e. The predicted molar refractivity (Wildman–Crippen MR) is 141 cm³/mol. The number of aryl methyl sites for hydroxylation is 1. The van der Waals surface area contributed by atoms with Gasteiger partial charge in [-0.3, -0.25) is 19.8 Å². The average Bonchev–Trinajstić information content (AvgIpc) is 3.07. The summed E-state index contributed by atoms with van der Waals surface area (Å²) in [6.07, 6.45) is 1.78. The van der Waals surface area contributed by atoms with Crippen LogP contribution in [0.3, 0.4) is 0 Å². The van der Waals surface area contributed by atoms with Gasteiger partial charge < -0.3 is 4.74 Å². The van der Waals surface area contributed by atoms with Crippen molar-refractivity contribution >= 4 is 61.9 Å². The molecule has 1 saturated heterocycles. The molecule has 0 bridgehead atoms. The third kappa shape index (κ3) is 5.72. The van der Waals surface area contributed by atoms with Crippen molar-refractivity contribution in [2.45, 2.75) is 20.1 Å². The molecule has 172 valence electrons. The number of rotatable bonds is 7. The van der Waals surface area contributed by atoms with Gasteiger partial charge in [-0.1, -0.05) is 69.7 Å². The van der Waals surface area contributed by atoms with E-state index in [1.54, 1.807) is 23.1 Å². The smallest absolute Gasteiger partial charge is 0.269 e. The molecule has 1 aliphatic rings. The Hall–Kier alpha value is -3.01. The highest BCUT2D eigenvalue weighted by molar-refractivity contribution is 9.10. The average molecular weight is 555 g/mol. The van der Waals surface area contributed by atoms with Crippen LogP contribution in [0.4, 0.5) is 5.69 Å². The Morgan fingerprint density at radius 2 is 1.76 bits per heavy atom. The quantitative estimate of drug-likeness (QED) is 0.141. The van der Waals surface area contributed by atoms with E-state index in [4.69, 9.17) is 17.0 Å². The van der Waals surface area contributed by atoms with Crippen LogP contribution in [-0.4, -0.2) is 20.1 Å². The lowest BCUT2D eigenvalue weighted by molar-refractivity contribution is -0.384. The minimum absolute atomic E-state index is 0.0285. The Balaban J connectivity index is 1.52. The van der Waals surface area contributed by atoms with E-state index in [1.807, 2.05) is 49.4 Å². The topological polar surface area (TPSA) is 72.7 Å². The highest BCUT2D eigenvalue weighted by Crippen LogP contribution is 2.36. The van der Waals surface area contributed by atoms with Crippen molar-refractivity contribution < 1.29 is 14.5 Å². The molecule has 0 aromatic heterocycles. The molecule has 1 amide bonds. The molecule has 9 heteroatoms. The fourth-order valence-corrected chi connectivity index (χ4v) is 4.92. The Kier molecular flexibility index (Phi) is 7.45. The van der Waals surface area contributed by atoms with Crippen LogP contribution in [0, 0.1) is 17.0 Å². The standard InChI is InChI=1S/C25H19BrN2O4S2/c1-16-2-4-17(5-3-16)14-27-24(29)23(34-25(27)33)13-19-12-20(26)8-11-22(19)32-15-18-6-9-21(10-7-18)28(30)31/h2-13H,14-15H2,1H3/b23-13-. The van der Waals surface area contributed by atoms with Gasteiger partial charge in [-0.05, 0) is 54.5 Å². The summed E-state index contributed by atoms with van der Waals surface area (Å²) in [6, 6.07) is 19.8. The largest absolute Gasteiger partial charge is 0.488 e. The van der Waals surface area contributed by atoms with Crippen molar-refractivity contribution in [3.05, 3.63) is 108 Å². The molecule has 3 aromatic rings. The maximum absolute atomic E-state index is 13.1. The molecular weight excluding hydrogens is 536 g/mol. The van der Waals surface area contributed by atoms with Gasteiger partial charge in [-0.15, -0.1) is 0 Å². The molecule has 0 atom stereocenters. The van der Waals surface area contributed by atoms with Crippen LogP contribution in [-0.2, 0) is 17.9 Å². The summed E-state index contributed by atoms with van der Waals surface area (Å²) < 4.78 is 7.34. The highest BCUT2D eigenvalue weighted by atomic mass is 79.9. The zero-order chi connectivity index (χ0) is 24.2. The van der Waals surface area contributed by atoms with E-state index in [0.717, 1.165) is 26.7 Å². The van der Waals surface area contributed by atoms with Gasteiger partial charge in [0.05, 0.1) is 16.4 Å². The summed E-state index contributed by atoms with van der Waals surface area (Å²) in [6.45, 7) is 2.67. The second-order valence-electron chi connectivity index (χ2n) is 7.65. The van der Waals surface area contributed by atoms with E-state index in [9.17, 15) is 14.9 Å². The highest BCUT2D eigenvalue weighted by Gasteiger charge is 2.32. The number of thioether (sulfide) groups is 1. The Bertz CT molecular complexity index is 1290. The molecule has 6 nitrogen and oxygen atoms in total. The fourth-order valence-electron chi connectivity index (χ4n) is 3.29. The molecule has 1 fully saturated rings. The third-order valence-corrected chi connectivity index (χ3v) is 7.01. The molecule has 3 aromatic carbocycles. The van der Waals surface area contributed by atoms with Crippen molar-refractivity contribution in [3.63, 3.8) is 0 Å². The molecule has 0 radical (unpaired) electrons. The number of halogens is 1. The lowest BCUT2D eigenvalue weighted by Gasteiger charge is -2.14. The van der Waals surface area contributed by atoms with Crippen LogP contribution in [0.1, 0.15) is 22.3 Å². The second-order valence-corrected chi connectivity index (χ2v) is 10.2. The fraction of sp³-hybridized carbons (Fsp3) is 0.120.